The highest BCUT2D eigenvalue weighted by Gasteiger charge is 2.33. The normalized spacial score (nSPS) is 21.7. The van der Waals surface area contributed by atoms with Crippen LogP contribution in [-0.4, -0.2) is 67.0 Å². The first kappa shape index (κ1) is 17.7. The summed E-state index contributed by atoms with van der Waals surface area (Å²) in [6.07, 6.45) is 0.369. The smallest absolute Gasteiger partial charge is 0.317 e. The zero-order valence-electron chi connectivity index (χ0n) is 15.4. The number of likely N-dealkylation sites (N-methyl/N-ethyl adjacent to an activating group) is 1. The summed E-state index contributed by atoms with van der Waals surface area (Å²) in [6, 6.07) is 5.90. The van der Waals surface area contributed by atoms with Crippen molar-refractivity contribution in [2.45, 2.75) is 33.2 Å². The molecule has 0 spiro atoms. The van der Waals surface area contributed by atoms with Crippen LogP contribution in [0.25, 0.3) is 0 Å². The number of hydrogen-bond donors (Lipinski definition) is 1. The second-order valence-corrected chi connectivity index (χ2v) is 7.04. The van der Waals surface area contributed by atoms with Gasteiger partial charge >= 0.3 is 6.03 Å². The average Bonchev–Trinajstić information content (AvgIpc) is 2.97. The van der Waals surface area contributed by atoms with Crippen molar-refractivity contribution >= 4 is 17.6 Å². The lowest BCUT2D eigenvalue weighted by Gasteiger charge is -2.34. The summed E-state index contributed by atoms with van der Waals surface area (Å²) in [6.45, 7) is 11.2. The Morgan fingerprint density at radius 1 is 1.16 bits per heavy atom. The molecule has 0 aromatic heterocycles. The summed E-state index contributed by atoms with van der Waals surface area (Å²) in [5.74, 6) is 0.0735. The van der Waals surface area contributed by atoms with Gasteiger partial charge in [-0.05, 0) is 43.7 Å². The first-order valence-electron chi connectivity index (χ1n) is 9.13. The number of piperazine rings is 1. The van der Waals surface area contributed by atoms with Gasteiger partial charge in [0, 0.05) is 44.8 Å². The summed E-state index contributed by atoms with van der Waals surface area (Å²) in [4.78, 5) is 30.8. The molecule has 25 heavy (non-hydrogen) atoms. The third-order valence-corrected chi connectivity index (χ3v) is 5.36. The second-order valence-electron chi connectivity index (χ2n) is 7.04. The van der Waals surface area contributed by atoms with Crippen LogP contribution in [0.1, 0.15) is 24.5 Å². The van der Waals surface area contributed by atoms with E-state index in [1.54, 1.807) is 4.90 Å². The zero-order valence-corrected chi connectivity index (χ0v) is 15.4. The fourth-order valence-electron chi connectivity index (χ4n) is 3.48. The maximum atomic E-state index is 12.5. The number of hydrogen-bond acceptors (Lipinski definition) is 3. The van der Waals surface area contributed by atoms with Crippen molar-refractivity contribution in [3.8, 4) is 0 Å². The maximum absolute atomic E-state index is 12.5. The van der Waals surface area contributed by atoms with E-state index in [9.17, 15) is 9.59 Å². The number of aryl methyl sites for hydroxylation is 2. The largest absolute Gasteiger partial charge is 0.333 e. The monoisotopic (exact) mass is 344 g/mol. The van der Waals surface area contributed by atoms with Crippen LogP contribution in [-0.2, 0) is 4.79 Å². The molecule has 136 valence electrons. The Labute approximate surface area is 149 Å². The van der Waals surface area contributed by atoms with Gasteiger partial charge in [0.25, 0.3) is 0 Å². The third-order valence-electron chi connectivity index (χ3n) is 5.36. The molecule has 0 bridgehead atoms. The van der Waals surface area contributed by atoms with Gasteiger partial charge in [-0.3, -0.25) is 4.79 Å². The molecule has 6 nitrogen and oxygen atoms in total. The second kappa shape index (κ2) is 7.44. The summed E-state index contributed by atoms with van der Waals surface area (Å²) in [5.41, 5.74) is 3.31. The molecule has 3 amide bonds. The van der Waals surface area contributed by atoms with E-state index in [1.807, 2.05) is 23.1 Å². The molecule has 2 aliphatic rings. The molecule has 6 heteroatoms. The number of nitrogens with zero attached hydrogens (tertiary/aromatic N) is 3. The van der Waals surface area contributed by atoms with Crippen molar-refractivity contribution < 1.29 is 9.59 Å². The number of anilines is 1. The van der Waals surface area contributed by atoms with E-state index >= 15 is 0 Å². The molecule has 1 N–H and O–H groups in total. The molecule has 0 unspecified atom stereocenters. The number of rotatable bonds is 3. The molecule has 1 aromatic carbocycles. The van der Waals surface area contributed by atoms with Gasteiger partial charge in [-0.2, -0.15) is 0 Å². The lowest BCUT2D eigenvalue weighted by Crippen LogP contribution is -2.53. The van der Waals surface area contributed by atoms with E-state index in [1.165, 1.54) is 11.1 Å². The van der Waals surface area contributed by atoms with Gasteiger partial charge in [0.15, 0.2) is 0 Å². The van der Waals surface area contributed by atoms with Crippen molar-refractivity contribution in [3.05, 3.63) is 29.3 Å². The van der Waals surface area contributed by atoms with E-state index in [0.29, 0.717) is 13.0 Å². The molecular weight excluding hydrogens is 316 g/mol. The Morgan fingerprint density at radius 3 is 2.52 bits per heavy atom. The van der Waals surface area contributed by atoms with Gasteiger partial charge in [0.05, 0.1) is 6.04 Å². The Hall–Kier alpha value is -2.08. The summed E-state index contributed by atoms with van der Waals surface area (Å²) in [7, 11) is 0. The Morgan fingerprint density at radius 2 is 1.88 bits per heavy atom. The molecule has 1 atom stereocenters. The molecule has 2 saturated heterocycles. The van der Waals surface area contributed by atoms with Crippen LogP contribution in [0.3, 0.4) is 0 Å². The molecule has 3 rings (SSSR count). The highest BCUT2D eigenvalue weighted by molar-refractivity contribution is 5.96. The van der Waals surface area contributed by atoms with Gasteiger partial charge in [-0.15, -0.1) is 0 Å². The van der Waals surface area contributed by atoms with E-state index in [4.69, 9.17) is 0 Å². The van der Waals surface area contributed by atoms with Crippen LogP contribution in [0.4, 0.5) is 10.5 Å². The third kappa shape index (κ3) is 3.95. The predicted molar refractivity (Wildman–Crippen MR) is 98.9 cm³/mol. The van der Waals surface area contributed by atoms with E-state index < -0.39 is 0 Å². The van der Waals surface area contributed by atoms with Crippen LogP contribution < -0.4 is 10.2 Å². The fourth-order valence-corrected chi connectivity index (χ4v) is 3.48. The van der Waals surface area contributed by atoms with Gasteiger partial charge in [-0.25, -0.2) is 4.79 Å². The summed E-state index contributed by atoms with van der Waals surface area (Å²) in [5, 5.41) is 3.04. The minimum Gasteiger partial charge on any atom is -0.333 e. The lowest BCUT2D eigenvalue weighted by molar-refractivity contribution is -0.117. The fraction of sp³-hybridized carbons (Fsp3) is 0.579. The first-order chi connectivity index (χ1) is 12.0. The highest BCUT2D eigenvalue weighted by atomic mass is 16.2. The van der Waals surface area contributed by atoms with Gasteiger partial charge in [0.1, 0.15) is 0 Å². The van der Waals surface area contributed by atoms with Crippen LogP contribution >= 0.6 is 0 Å². The van der Waals surface area contributed by atoms with Crippen LogP contribution in [0.5, 0.6) is 0 Å². The van der Waals surface area contributed by atoms with Crippen molar-refractivity contribution in [1.29, 1.82) is 0 Å². The minimum atomic E-state index is -0.120. The lowest BCUT2D eigenvalue weighted by atomic mass is 10.1. The highest BCUT2D eigenvalue weighted by Crippen LogP contribution is 2.24. The molecule has 0 aliphatic carbocycles. The number of benzene rings is 1. The molecular formula is C19H28N4O2. The Kier molecular flexibility index (Phi) is 5.27. The quantitative estimate of drug-likeness (QED) is 0.909. The Balaban J connectivity index is 1.57. The molecule has 0 radical (unpaired) electrons. The number of carbonyl (C=O) groups excluding carboxylic acids is 2. The molecule has 2 aliphatic heterocycles. The molecule has 2 fully saturated rings. The standard InChI is InChI=1S/C19H28N4O2/c1-4-21-7-9-22(10-8-21)19(25)20-16-12-18(24)23(13-16)17-6-5-14(2)15(3)11-17/h5-6,11,16H,4,7-10,12-13H2,1-3H3,(H,20,25)/t16-/m1/s1. The van der Waals surface area contributed by atoms with Gasteiger partial charge < -0.3 is 20.0 Å². The summed E-state index contributed by atoms with van der Waals surface area (Å²) < 4.78 is 0. The van der Waals surface area contributed by atoms with Crippen molar-refractivity contribution in [2.75, 3.05) is 44.2 Å². The van der Waals surface area contributed by atoms with Gasteiger partial charge in [0.2, 0.25) is 5.91 Å². The van der Waals surface area contributed by atoms with Crippen LogP contribution in [0.2, 0.25) is 0 Å². The average molecular weight is 344 g/mol. The van der Waals surface area contributed by atoms with Crippen molar-refractivity contribution in [2.24, 2.45) is 0 Å². The summed E-state index contributed by atoms with van der Waals surface area (Å²) >= 11 is 0. The molecule has 0 saturated carbocycles. The first-order valence-corrected chi connectivity index (χ1v) is 9.13. The van der Waals surface area contributed by atoms with E-state index in [-0.39, 0.29) is 18.0 Å². The SMILES string of the molecule is CCN1CCN(C(=O)N[C@@H]2CC(=O)N(c3ccc(C)c(C)c3)C2)CC1. The molecule has 1 aromatic rings. The number of carbonyl (C=O) groups is 2. The zero-order chi connectivity index (χ0) is 18.0. The van der Waals surface area contributed by atoms with Gasteiger partial charge in [-0.1, -0.05) is 13.0 Å². The maximum Gasteiger partial charge on any atom is 0.317 e. The van der Waals surface area contributed by atoms with Crippen LogP contribution in [0.15, 0.2) is 18.2 Å². The topological polar surface area (TPSA) is 55.9 Å². The Bertz CT molecular complexity index is 653. The van der Waals surface area contributed by atoms with E-state index in [0.717, 1.165) is 38.4 Å². The van der Waals surface area contributed by atoms with Crippen molar-refractivity contribution in [3.63, 3.8) is 0 Å². The molecule has 2 heterocycles. The predicted octanol–water partition coefficient (Wildman–Crippen LogP) is 1.76. The minimum absolute atomic E-state index is 0.0458. The van der Waals surface area contributed by atoms with E-state index in [2.05, 4.69) is 31.0 Å². The van der Waals surface area contributed by atoms with Crippen LogP contribution in [0, 0.1) is 13.8 Å². The van der Waals surface area contributed by atoms with Crippen molar-refractivity contribution in [1.82, 2.24) is 15.1 Å². The number of urea groups is 1. The number of nitrogens with one attached hydrogen (secondary N) is 1. The number of amides is 3.